The smallest absolute Gasteiger partial charge is 0.306 e. The van der Waals surface area contributed by atoms with Crippen molar-refractivity contribution in [2.45, 2.75) is 51.0 Å². The van der Waals surface area contributed by atoms with Gasteiger partial charge >= 0.3 is 5.97 Å². The van der Waals surface area contributed by atoms with Crippen molar-refractivity contribution in [2.75, 3.05) is 16.8 Å². The summed E-state index contributed by atoms with van der Waals surface area (Å²) in [6.07, 6.45) is 3.05. The maximum atomic E-state index is 13.3. The van der Waals surface area contributed by atoms with Gasteiger partial charge in [0.15, 0.2) is 6.61 Å². The van der Waals surface area contributed by atoms with Crippen molar-refractivity contribution in [3.8, 4) is 11.5 Å². The Morgan fingerprint density at radius 3 is 2.60 bits per heavy atom. The van der Waals surface area contributed by atoms with Crippen LogP contribution in [0.4, 0.5) is 11.4 Å². The molecule has 0 bridgehead atoms. The molecule has 5 rings (SSSR count). The third-order valence-electron chi connectivity index (χ3n) is 6.59. The molecular formula is C26H26N4O5. The monoisotopic (exact) mass is 474 g/mol. The van der Waals surface area contributed by atoms with Gasteiger partial charge in [-0.3, -0.25) is 19.3 Å². The summed E-state index contributed by atoms with van der Waals surface area (Å²) in [5, 5.41) is 11.0. The highest BCUT2D eigenvalue weighted by atomic mass is 16.5. The summed E-state index contributed by atoms with van der Waals surface area (Å²) in [6, 6.07) is 14.9. The van der Waals surface area contributed by atoms with Gasteiger partial charge in [-0.15, -0.1) is 10.2 Å². The zero-order valence-electron chi connectivity index (χ0n) is 19.5. The van der Waals surface area contributed by atoms with Crippen LogP contribution in [0.1, 0.15) is 43.6 Å². The highest BCUT2D eigenvalue weighted by molar-refractivity contribution is 6.15. The van der Waals surface area contributed by atoms with Crippen LogP contribution in [0.25, 0.3) is 11.5 Å². The van der Waals surface area contributed by atoms with Gasteiger partial charge in [0, 0.05) is 12.0 Å². The predicted octanol–water partition coefficient (Wildman–Crippen LogP) is 3.82. The lowest BCUT2D eigenvalue weighted by atomic mass is 9.90. The lowest BCUT2D eigenvalue weighted by Gasteiger charge is -2.44. The third kappa shape index (κ3) is 4.41. The zero-order chi connectivity index (χ0) is 24.4. The molecule has 1 fully saturated rings. The fourth-order valence-corrected chi connectivity index (χ4v) is 4.78. The molecule has 1 saturated carbocycles. The van der Waals surface area contributed by atoms with Crippen molar-refractivity contribution in [1.29, 1.82) is 0 Å². The number of rotatable bonds is 6. The van der Waals surface area contributed by atoms with E-state index in [9.17, 15) is 14.4 Å². The van der Waals surface area contributed by atoms with Crippen molar-refractivity contribution in [1.82, 2.24) is 10.2 Å². The van der Waals surface area contributed by atoms with Crippen LogP contribution in [-0.2, 0) is 25.5 Å². The number of carbonyl (C=O) groups excluding carboxylic acids is 3. The van der Waals surface area contributed by atoms with Crippen LogP contribution in [0.3, 0.4) is 0 Å². The fraction of sp³-hybridized carbons (Fsp3) is 0.346. The Kier molecular flexibility index (Phi) is 6.07. The summed E-state index contributed by atoms with van der Waals surface area (Å²) in [7, 11) is 0. The van der Waals surface area contributed by atoms with Gasteiger partial charge < -0.3 is 14.5 Å². The summed E-state index contributed by atoms with van der Waals surface area (Å²) < 4.78 is 10.9. The highest BCUT2D eigenvalue weighted by Gasteiger charge is 2.52. The Morgan fingerprint density at radius 1 is 1.09 bits per heavy atom. The lowest BCUT2D eigenvalue weighted by molar-refractivity contribution is -0.148. The van der Waals surface area contributed by atoms with Gasteiger partial charge in [-0.1, -0.05) is 42.7 Å². The van der Waals surface area contributed by atoms with E-state index < -0.39 is 24.0 Å². The number of aryl methyl sites for hydroxylation is 2. The number of esters is 1. The van der Waals surface area contributed by atoms with E-state index in [-0.39, 0.29) is 18.7 Å². The Labute approximate surface area is 202 Å². The Balaban J connectivity index is 1.21. The number of hydrogen-bond donors (Lipinski definition) is 1. The fourth-order valence-electron chi connectivity index (χ4n) is 4.78. The number of ether oxygens (including phenoxy) is 1. The van der Waals surface area contributed by atoms with E-state index in [1.807, 2.05) is 37.3 Å². The number of fused-ring (bicyclic) bond motifs is 1. The molecular weight excluding hydrogens is 448 g/mol. The molecule has 1 aliphatic heterocycles. The van der Waals surface area contributed by atoms with Gasteiger partial charge in [-0.25, -0.2) is 0 Å². The summed E-state index contributed by atoms with van der Waals surface area (Å²) in [4.78, 5) is 40.2. The Morgan fingerprint density at radius 2 is 1.83 bits per heavy atom. The zero-order valence-corrected chi connectivity index (χ0v) is 19.5. The number of amides is 2. The van der Waals surface area contributed by atoms with Crippen molar-refractivity contribution in [2.24, 2.45) is 0 Å². The minimum atomic E-state index is -0.937. The highest BCUT2D eigenvalue weighted by Crippen LogP contribution is 2.45. The summed E-state index contributed by atoms with van der Waals surface area (Å²) >= 11 is 0. The van der Waals surface area contributed by atoms with Crippen LogP contribution in [0.5, 0.6) is 0 Å². The first-order valence-electron chi connectivity index (χ1n) is 11.7. The van der Waals surface area contributed by atoms with Crippen molar-refractivity contribution in [3.05, 3.63) is 60.0 Å². The van der Waals surface area contributed by atoms with Crippen molar-refractivity contribution >= 4 is 29.2 Å². The molecule has 2 aromatic carbocycles. The van der Waals surface area contributed by atoms with Gasteiger partial charge in [-0.2, -0.15) is 0 Å². The minimum absolute atomic E-state index is 0.00890. The number of hydrogen-bond acceptors (Lipinski definition) is 7. The van der Waals surface area contributed by atoms with E-state index in [1.165, 1.54) is 4.90 Å². The first-order chi connectivity index (χ1) is 17.0. The SMILES string of the molecule is Cc1ccc(-c2nnc(CCC(=O)OCC(=O)N3c4ccccc4NC(=O)C34CCCC4)o2)cc1. The van der Waals surface area contributed by atoms with Crippen LogP contribution in [0, 0.1) is 6.92 Å². The number of nitrogens with zero attached hydrogens (tertiary/aromatic N) is 3. The third-order valence-corrected chi connectivity index (χ3v) is 6.59. The maximum Gasteiger partial charge on any atom is 0.306 e. The van der Waals surface area contributed by atoms with Crippen LogP contribution >= 0.6 is 0 Å². The first kappa shape index (κ1) is 22.8. The molecule has 9 nitrogen and oxygen atoms in total. The Bertz CT molecular complexity index is 1260. The largest absolute Gasteiger partial charge is 0.456 e. The average molecular weight is 475 g/mol. The molecule has 3 aromatic rings. The normalized spacial score (nSPS) is 16.1. The molecule has 2 amide bonds. The molecule has 180 valence electrons. The van der Waals surface area contributed by atoms with Gasteiger partial charge in [-0.05, 0) is 44.0 Å². The number of aromatic nitrogens is 2. The molecule has 1 aromatic heterocycles. The number of carbonyl (C=O) groups is 3. The second kappa shape index (κ2) is 9.32. The van der Waals surface area contributed by atoms with Crippen molar-refractivity contribution in [3.63, 3.8) is 0 Å². The van der Waals surface area contributed by atoms with Crippen LogP contribution in [-0.4, -0.2) is 40.1 Å². The molecule has 35 heavy (non-hydrogen) atoms. The molecule has 0 unspecified atom stereocenters. The van der Waals surface area contributed by atoms with E-state index in [0.717, 1.165) is 24.0 Å². The topological polar surface area (TPSA) is 115 Å². The molecule has 0 saturated heterocycles. The lowest BCUT2D eigenvalue weighted by Crippen LogP contribution is -2.61. The molecule has 1 aliphatic carbocycles. The van der Waals surface area contributed by atoms with E-state index in [1.54, 1.807) is 18.2 Å². The van der Waals surface area contributed by atoms with Crippen LogP contribution in [0.15, 0.2) is 52.9 Å². The van der Waals surface area contributed by atoms with Crippen molar-refractivity contribution < 1.29 is 23.5 Å². The first-order valence-corrected chi connectivity index (χ1v) is 11.7. The summed E-state index contributed by atoms with van der Waals surface area (Å²) in [5.41, 5.74) is 2.20. The van der Waals surface area contributed by atoms with Gasteiger partial charge in [0.2, 0.25) is 11.8 Å². The predicted molar refractivity (Wildman–Crippen MR) is 128 cm³/mol. The number of anilines is 2. The van der Waals surface area contributed by atoms with E-state index in [2.05, 4.69) is 15.5 Å². The quantitative estimate of drug-likeness (QED) is 0.540. The van der Waals surface area contributed by atoms with E-state index in [0.29, 0.717) is 36.0 Å². The van der Waals surface area contributed by atoms with Gasteiger partial charge in [0.25, 0.3) is 11.8 Å². The summed E-state index contributed by atoms with van der Waals surface area (Å²) in [6.45, 7) is 1.55. The number of para-hydroxylation sites is 2. The molecule has 0 radical (unpaired) electrons. The van der Waals surface area contributed by atoms with Crippen LogP contribution in [0.2, 0.25) is 0 Å². The minimum Gasteiger partial charge on any atom is -0.456 e. The van der Waals surface area contributed by atoms with Gasteiger partial charge in [0.05, 0.1) is 17.8 Å². The van der Waals surface area contributed by atoms with E-state index in [4.69, 9.17) is 9.15 Å². The van der Waals surface area contributed by atoms with Crippen LogP contribution < -0.4 is 10.2 Å². The number of benzene rings is 2. The maximum absolute atomic E-state index is 13.3. The molecule has 2 heterocycles. The van der Waals surface area contributed by atoms with Gasteiger partial charge in [0.1, 0.15) is 5.54 Å². The average Bonchev–Trinajstić information content (AvgIpc) is 3.54. The molecule has 0 atom stereocenters. The molecule has 2 aliphatic rings. The molecule has 1 N–H and O–H groups in total. The second-order valence-electron chi connectivity index (χ2n) is 8.97. The molecule has 1 spiro atoms. The van der Waals surface area contributed by atoms with E-state index >= 15 is 0 Å². The summed E-state index contributed by atoms with van der Waals surface area (Å²) in [5.74, 6) is -0.456. The number of nitrogens with one attached hydrogen (secondary N) is 1. The second-order valence-corrected chi connectivity index (χ2v) is 8.97. The molecule has 9 heteroatoms. The Hall–Kier alpha value is -4.01. The standard InChI is InChI=1S/C26H26N4O5/c1-17-8-10-18(11-9-17)24-29-28-21(35-24)12-13-23(32)34-16-22(31)30-20-7-3-2-6-19(20)27-25(33)26(30)14-4-5-15-26/h2-3,6-11H,4-5,12-16H2,1H3,(H,27,33).